The number of sulfonamides is 1. The van der Waals surface area contributed by atoms with E-state index in [9.17, 15) is 17.6 Å². The molecule has 0 spiro atoms. The van der Waals surface area contributed by atoms with Gasteiger partial charge in [0, 0.05) is 38.2 Å². The van der Waals surface area contributed by atoms with Gasteiger partial charge >= 0.3 is 0 Å². The van der Waals surface area contributed by atoms with Crippen molar-refractivity contribution in [3.8, 4) is 5.75 Å². The Kier molecular flexibility index (Phi) is 6.84. The Bertz CT molecular complexity index is 1030. The number of carbonyl (C=O) groups excluding carboxylic acids is 1. The zero-order valence-electron chi connectivity index (χ0n) is 16.7. The molecule has 1 saturated heterocycles. The molecule has 7 nitrogen and oxygen atoms in total. The minimum Gasteiger partial charge on any atom is -0.495 e. The molecule has 0 aromatic heterocycles. The smallest absolute Gasteiger partial charge is 0.247 e. The van der Waals surface area contributed by atoms with Crippen LogP contribution in [-0.2, 0) is 14.8 Å². The van der Waals surface area contributed by atoms with E-state index < -0.39 is 10.0 Å². The monoisotopic (exact) mass is 455 g/mol. The predicted octanol–water partition coefficient (Wildman–Crippen LogP) is 2.46. The van der Waals surface area contributed by atoms with Gasteiger partial charge in [-0.05, 0) is 30.3 Å². The molecular formula is C20H23ClFN3O4S. The topological polar surface area (TPSA) is 70.2 Å². The molecule has 0 saturated carbocycles. The second-order valence-corrected chi connectivity index (χ2v) is 9.33. The third-order valence-corrected chi connectivity index (χ3v) is 7.06. The quantitative estimate of drug-likeness (QED) is 0.669. The number of likely N-dealkylation sites (N-methyl/N-ethyl adjacent to an activating group) is 1. The van der Waals surface area contributed by atoms with E-state index in [1.807, 2.05) is 4.90 Å². The van der Waals surface area contributed by atoms with Crippen LogP contribution in [0.15, 0.2) is 47.4 Å². The van der Waals surface area contributed by atoms with E-state index in [1.54, 1.807) is 23.1 Å². The van der Waals surface area contributed by atoms with Crippen molar-refractivity contribution in [1.29, 1.82) is 0 Å². The van der Waals surface area contributed by atoms with Gasteiger partial charge in [0.1, 0.15) is 16.5 Å². The largest absolute Gasteiger partial charge is 0.495 e. The summed E-state index contributed by atoms with van der Waals surface area (Å²) in [6.45, 7) is 1.36. The van der Waals surface area contributed by atoms with Crippen LogP contribution >= 0.6 is 11.6 Å². The minimum absolute atomic E-state index is 0.0998. The average molecular weight is 456 g/mol. The van der Waals surface area contributed by atoms with Crippen molar-refractivity contribution < 1.29 is 22.3 Å². The standard InChI is InChI=1S/C20H23ClFN3O4S/c1-23(30(27,28)19-13-15(21)7-8-18(19)29-2)14-20(26)25-11-9-24(10-12-25)17-6-4-3-5-16(17)22/h3-8,13H,9-12,14H2,1-2H3. The summed E-state index contributed by atoms with van der Waals surface area (Å²) < 4.78 is 45.9. The maximum Gasteiger partial charge on any atom is 0.247 e. The predicted molar refractivity (Wildman–Crippen MR) is 113 cm³/mol. The van der Waals surface area contributed by atoms with Crippen molar-refractivity contribution in [2.45, 2.75) is 4.90 Å². The number of halogens is 2. The van der Waals surface area contributed by atoms with Crippen LogP contribution < -0.4 is 9.64 Å². The molecule has 0 N–H and O–H groups in total. The third-order valence-electron chi connectivity index (χ3n) is 5.00. The molecule has 0 bridgehead atoms. The van der Waals surface area contributed by atoms with Gasteiger partial charge in [-0.2, -0.15) is 4.31 Å². The highest BCUT2D eigenvalue weighted by atomic mass is 35.5. The number of piperazine rings is 1. The van der Waals surface area contributed by atoms with Crippen LogP contribution in [0.25, 0.3) is 0 Å². The number of hydrogen-bond acceptors (Lipinski definition) is 5. The molecule has 1 heterocycles. The molecule has 0 aliphatic carbocycles. The van der Waals surface area contributed by atoms with Gasteiger partial charge in [0.2, 0.25) is 15.9 Å². The number of benzene rings is 2. The number of nitrogens with zero attached hydrogens (tertiary/aromatic N) is 3. The molecule has 30 heavy (non-hydrogen) atoms. The van der Waals surface area contributed by atoms with Gasteiger partial charge in [-0.1, -0.05) is 23.7 Å². The maximum atomic E-state index is 14.0. The normalized spacial score (nSPS) is 14.8. The number of methoxy groups -OCH3 is 1. The van der Waals surface area contributed by atoms with Crippen LogP contribution in [0, 0.1) is 5.82 Å². The van der Waals surface area contributed by atoms with Crippen molar-refractivity contribution >= 4 is 33.2 Å². The number of para-hydroxylation sites is 1. The first-order chi connectivity index (χ1) is 14.2. The van der Waals surface area contributed by atoms with Gasteiger partial charge in [-0.25, -0.2) is 12.8 Å². The summed E-state index contributed by atoms with van der Waals surface area (Å²) >= 11 is 5.94. The van der Waals surface area contributed by atoms with E-state index >= 15 is 0 Å². The fraction of sp³-hybridized carbons (Fsp3) is 0.350. The van der Waals surface area contributed by atoms with E-state index in [4.69, 9.17) is 16.3 Å². The summed E-state index contributed by atoms with van der Waals surface area (Å²) in [4.78, 5) is 16.0. The number of anilines is 1. The summed E-state index contributed by atoms with van der Waals surface area (Å²) in [6, 6.07) is 10.8. The molecule has 10 heteroatoms. The number of carbonyl (C=O) groups is 1. The van der Waals surface area contributed by atoms with Crippen molar-refractivity contribution in [2.24, 2.45) is 0 Å². The van der Waals surface area contributed by atoms with Crippen LogP contribution in [0.3, 0.4) is 0 Å². The lowest BCUT2D eigenvalue weighted by Crippen LogP contribution is -2.51. The molecule has 2 aromatic carbocycles. The highest BCUT2D eigenvalue weighted by molar-refractivity contribution is 7.89. The van der Waals surface area contributed by atoms with E-state index in [0.29, 0.717) is 31.9 Å². The van der Waals surface area contributed by atoms with Gasteiger partial charge in [-0.3, -0.25) is 4.79 Å². The summed E-state index contributed by atoms with van der Waals surface area (Å²) in [5.74, 6) is -0.481. The molecule has 1 aliphatic heterocycles. The Morgan fingerprint density at radius 1 is 1.17 bits per heavy atom. The van der Waals surface area contributed by atoms with E-state index in [0.717, 1.165) is 4.31 Å². The SMILES string of the molecule is COc1ccc(Cl)cc1S(=O)(=O)N(C)CC(=O)N1CCN(c2ccccc2F)CC1. The lowest BCUT2D eigenvalue weighted by atomic mass is 10.2. The van der Waals surface area contributed by atoms with Crippen LogP contribution in [0.4, 0.5) is 10.1 Å². The summed E-state index contributed by atoms with van der Waals surface area (Å²) in [7, 11) is -1.28. The zero-order valence-corrected chi connectivity index (χ0v) is 18.3. The Hall–Kier alpha value is -2.36. The summed E-state index contributed by atoms with van der Waals surface area (Å²) in [5, 5.41) is 0.248. The van der Waals surface area contributed by atoms with Crippen molar-refractivity contribution in [2.75, 3.05) is 51.8 Å². The molecular weight excluding hydrogens is 433 g/mol. The molecule has 0 unspecified atom stereocenters. The molecule has 1 amide bonds. The fourth-order valence-corrected chi connectivity index (χ4v) is 4.83. The van der Waals surface area contributed by atoms with Crippen molar-refractivity contribution in [3.63, 3.8) is 0 Å². The Labute approximate surface area is 180 Å². The average Bonchev–Trinajstić information content (AvgIpc) is 2.74. The molecule has 162 valence electrons. The van der Waals surface area contributed by atoms with Crippen LogP contribution in [-0.4, -0.2) is 70.4 Å². The van der Waals surface area contributed by atoms with Crippen molar-refractivity contribution in [1.82, 2.24) is 9.21 Å². The van der Waals surface area contributed by atoms with Crippen molar-refractivity contribution in [3.05, 3.63) is 53.3 Å². The lowest BCUT2D eigenvalue weighted by Gasteiger charge is -2.36. The van der Waals surface area contributed by atoms with Gasteiger partial charge in [0.15, 0.2) is 0 Å². The first-order valence-electron chi connectivity index (χ1n) is 9.31. The third kappa shape index (κ3) is 4.69. The summed E-state index contributed by atoms with van der Waals surface area (Å²) in [6.07, 6.45) is 0. The first-order valence-corrected chi connectivity index (χ1v) is 11.1. The Balaban J connectivity index is 1.65. The highest BCUT2D eigenvalue weighted by Gasteiger charge is 2.29. The second kappa shape index (κ2) is 9.20. The maximum absolute atomic E-state index is 14.0. The fourth-order valence-electron chi connectivity index (χ4n) is 3.30. The molecule has 2 aromatic rings. The minimum atomic E-state index is -3.98. The van der Waals surface area contributed by atoms with Gasteiger partial charge in [0.05, 0.1) is 19.3 Å². The molecule has 1 fully saturated rings. The molecule has 1 aliphatic rings. The van der Waals surface area contributed by atoms with E-state index in [-0.39, 0.29) is 33.9 Å². The first kappa shape index (κ1) is 22.3. The van der Waals surface area contributed by atoms with Gasteiger partial charge < -0.3 is 14.5 Å². The number of ether oxygens (including phenoxy) is 1. The van der Waals surface area contributed by atoms with E-state index in [1.165, 1.54) is 38.4 Å². The lowest BCUT2D eigenvalue weighted by molar-refractivity contribution is -0.131. The molecule has 0 atom stereocenters. The van der Waals surface area contributed by atoms with E-state index in [2.05, 4.69) is 0 Å². The number of hydrogen-bond donors (Lipinski definition) is 0. The Morgan fingerprint density at radius 3 is 2.47 bits per heavy atom. The Morgan fingerprint density at radius 2 is 1.83 bits per heavy atom. The number of rotatable bonds is 6. The highest BCUT2D eigenvalue weighted by Crippen LogP contribution is 2.29. The number of amides is 1. The van der Waals surface area contributed by atoms with Gasteiger partial charge in [-0.15, -0.1) is 0 Å². The molecule has 3 rings (SSSR count). The van der Waals surface area contributed by atoms with Crippen LogP contribution in [0.2, 0.25) is 5.02 Å². The zero-order chi connectivity index (χ0) is 21.9. The van der Waals surface area contributed by atoms with Gasteiger partial charge in [0.25, 0.3) is 0 Å². The second-order valence-electron chi connectivity index (χ2n) is 6.88. The van der Waals surface area contributed by atoms with Crippen LogP contribution in [0.5, 0.6) is 5.75 Å². The van der Waals surface area contributed by atoms with Crippen LogP contribution in [0.1, 0.15) is 0 Å². The molecule has 0 radical (unpaired) electrons. The summed E-state index contributed by atoms with van der Waals surface area (Å²) in [5.41, 5.74) is 0.498.